The number of carbonyl (C=O) groups is 1. The van der Waals surface area contributed by atoms with Crippen LogP contribution in [-0.4, -0.2) is 17.3 Å². The van der Waals surface area contributed by atoms with Gasteiger partial charge in [0, 0.05) is 6.54 Å². The Morgan fingerprint density at radius 2 is 1.69 bits per heavy atom. The molecule has 1 N–H and O–H groups in total. The van der Waals surface area contributed by atoms with Crippen molar-refractivity contribution in [2.75, 3.05) is 6.54 Å². The number of rotatable bonds is 9. The van der Waals surface area contributed by atoms with Crippen molar-refractivity contribution in [2.24, 2.45) is 5.92 Å². The number of hydrogen-bond acceptors (Lipinski definition) is 1. The summed E-state index contributed by atoms with van der Waals surface area (Å²) in [6, 6.07) is 0. The molecule has 0 radical (unpaired) electrons. The minimum Gasteiger partial charge on any atom is -0.355 e. The van der Waals surface area contributed by atoms with Gasteiger partial charge in [0.2, 0.25) is 5.91 Å². The Kier molecular flexibility index (Phi) is 10.1. The summed E-state index contributed by atoms with van der Waals surface area (Å²) in [4.78, 5) is 11.5. The van der Waals surface area contributed by atoms with Crippen molar-refractivity contribution >= 4 is 21.8 Å². The molecular formula is C13H26BrNO. The summed E-state index contributed by atoms with van der Waals surface area (Å²) in [6.45, 7) is 7.13. The largest absolute Gasteiger partial charge is 0.355 e. The van der Waals surface area contributed by atoms with Crippen molar-refractivity contribution in [3.63, 3.8) is 0 Å². The van der Waals surface area contributed by atoms with Gasteiger partial charge in [-0.3, -0.25) is 4.79 Å². The summed E-state index contributed by atoms with van der Waals surface area (Å²) >= 11 is 3.40. The van der Waals surface area contributed by atoms with Gasteiger partial charge in [-0.2, -0.15) is 0 Å². The average Bonchev–Trinajstić information content (AvgIpc) is 2.26. The van der Waals surface area contributed by atoms with Gasteiger partial charge >= 0.3 is 0 Å². The number of carbonyl (C=O) groups excluding carboxylic acids is 1. The Bertz CT molecular complexity index is 183. The van der Waals surface area contributed by atoms with E-state index in [4.69, 9.17) is 0 Å². The Balaban J connectivity index is 3.34. The van der Waals surface area contributed by atoms with E-state index >= 15 is 0 Å². The highest BCUT2D eigenvalue weighted by Gasteiger charge is 2.17. The van der Waals surface area contributed by atoms with Crippen molar-refractivity contribution in [1.29, 1.82) is 0 Å². The molecule has 0 heterocycles. The molecule has 0 aliphatic carbocycles. The number of hydrogen-bond donors (Lipinski definition) is 1. The van der Waals surface area contributed by atoms with Crippen LogP contribution in [0.3, 0.4) is 0 Å². The molecule has 0 saturated heterocycles. The molecule has 0 spiro atoms. The first-order valence-corrected chi connectivity index (χ1v) is 7.43. The fourth-order valence-electron chi connectivity index (χ4n) is 1.52. The van der Waals surface area contributed by atoms with Crippen LogP contribution in [0.25, 0.3) is 0 Å². The summed E-state index contributed by atoms with van der Waals surface area (Å²) in [5.74, 6) is 0.480. The van der Waals surface area contributed by atoms with Crippen LogP contribution in [0.4, 0.5) is 0 Å². The second kappa shape index (κ2) is 10.1. The van der Waals surface area contributed by atoms with Crippen LogP contribution >= 0.6 is 15.9 Å². The smallest absolute Gasteiger partial charge is 0.234 e. The maximum atomic E-state index is 11.6. The lowest BCUT2D eigenvalue weighted by Crippen LogP contribution is -2.34. The standard InChI is InChI=1S/C13H26BrNO/c1-4-5-6-7-8-9-10-15-13(16)12(14)11(2)3/h11-12H,4-10H2,1-3H3,(H,15,16). The number of unbranched alkanes of at least 4 members (excludes halogenated alkanes) is 5. The third-order valence-corrected chi connectivity index (χ3v) is 4.14. The molecule has 0 aromatic heterocycles. The lowest BCUT2D eigenvalue weighted by molar-refractivity contribution is -0.121. The average molecular weight is 292 g/mol. The van der Waals surface area contributed by atoms with Gasteiger partial charge in [-0.05, 0) is 12.3 Å². The van der Waals surface area contributed by atoms with Crippen molar-refractivity contribution in [2.45, 2.75) is 64.1 Å². The molecule has 1 amide bonds. The van der Waals surface area contributed by atoms with Crippen LogP contribution in [0, 0.1) is 5.92 Å². The Labute approximate surface area is 109 Å². The van der Waals surface area contributed by atoms with Crippen molar-refractivity contribution in [3.8, 4) is 0 Å². The summed E-state index contributed by atoms with van der Waals surface area (Å²) in [7, 11) is 0. The third kappa shape index (κ3) is 8.14. The zero-order chi connectivity index (χ0) is 12.4. The molecular weight excluding hydrogens is 266 g/mol. The number of nitrogens with one attached hydrogen (secondary N) is 1. The molecule has 0 bridgehead atoms. The molecule has 0 aromatic rings. The normalized spacial score (nSPS) is 12.8. The molecule has 0 rings (SSSR count). The van der Waals surface area contributed by atoms with E-state index in [2.05, 4.69) is 28.2 Å². The monoisotopic (exact) mass is 291 g/mol. The summed E-state index contributed by atoms with van der Waals surface area (Å²) < 4.78 is 0. The van der Waals surface area contributed by atoms with Crippen LogP contribution in [0.5, 0.6) is 0 Å². The van der Waals surface area contributed by atoms with Gasteiger partial charge in [-0.15, -0.1) is 0 Å². The first kappa shape index (κ1) is 16.0. The van der Waals surface area contributed by atoms with Crippen LogP contribution in [0.15, 0.2) is 0 Å². The lowest BCUT2D eigenvalue weighted by Gasteiger charge is -2.13. The number of alkyl halides is 1. The number of amides is 1. The maximum Gasteiger partial charge on any atom is 0.234 e. The van der Waals surface area contributed by atoms with Gasteiger partial charge in [0.25, 0.3) is 0 Å². The predicted octanol–water partition coefficient (Wildman–Crippen LogP) is 3.88. The van der Waals surface area contributed by atoms with E-state index in [1.807, 2.05) is 13.8 Å². The second-order valence-corrected chi connectivity index (χ2v) is 5.69. The maximum absolute atomic E-state index is 11.6. The van der Waals surface area contributed by atoms with Crippen molar-refractivity contribution in [1.82, 2.24) is 5.32 Å². The molecule has 16 heavy (non-hydrogen) atoms. The summed E-state index contributed by atoms with van der Waals surface area (Å²) in [5, 5.41) is 2.97. The van der Waals surface area contributed by atoms with Crippen LogP contribution in [-0.2, 0) is 4.79 Å². The van der Waals surface area contributed by atoms with E-state index in [0.29, 0.717) is 5.92 Å². The molecule has 1 unspecified atom stereocenters. The van der Waals surface area contributed by atoms with E-state index in [-0.39, 0.29) is 10.7 Å². The van der Waals surface area contributed by atoms with Gasteiger partial charge in [-0.1, -0.05) is 68.8 Å². The van der Waals surface area contributed by atoms with Crippen LogP contribution in [0.2, 0.25) is 0 Å². The number of halogens is 1. The quantitative estimate of drug-likeness (QED) is 0.507. The molecule has 3 heteroatoms. The molecule has 96 valence electrons. The van der Waals surface area contributed by atoms with E-state index in [9.17, 15) is 4.79 Å². The summed E-state index contributed by atoms with van der Waals surface area (Å²) in [6.07, 6.45) is 7.59. The fourth-order valence-corrected chi connectivity index (χ4v) is 1.68. The fraction of sp³-hybridized carbons (Fsp3) is 0.923. The van der Waals surface area contributed by atoms with Crippen molar-refractivity contribution < 1.29 is 4.79 Å². The minimum atomic E-state index is -0.0485. The van der Waals surface area contributed by atoms with Crippen LogP contribution < -0.4 is 5.32 Å². The molecule has 2 nitrogen and oxygen atoms in total. The van der Waals surface area contributed by atoms with Crippen molar-refractivity contribution in [3.05, 3.63) is 0 Å². The van der Waals surface area contributed by atoms with Gasteiger partial charge in [0.05, 0.1) is 4.83 Å². The third-order valence-electron chi connectivity index (χ3n) is 2.67. The van der Waals surface area contributed by atoms with E-state index in [0.717, 1.165) is 13.0 Å². The minimum absolute atomic E-state index is 0.0485. The van der Waals surface area contributed by atoms with Gasteiger partial charge in [0.15, 0.2) is 0 Å². The molecule has 0 aliphatic rings. The first-order chi connectivity index (χ1) is 7.59. The molecule has 1 atom stereocenters. The Morgan fingerprint density at radius 1 is 1.12 bits per heavy atom. The second-order valence-electron chi connectivity index (χ2n) is 4.70. The van der Waals surface area contributed by atoms with E-state index in [1.165, 1.54) is 32.1 Å². The molecule has 0 aromatic carbocycles. The lowest BCUT2D eigenvalue weighted by atomic mass is 10.1. The molecule has 0 aliphatic heterocycles. The zero-order valence-electron chi connectivity index (χ0n) is 10.9. The first-order valence-electron chi connectivity index (χ1n) is 6.51. The van der Waals surface area contributed by atoms with Gasteiger partial charge < -0.3 is 5.32 Å². The topological polar surface area (TPSA) is 29.1 Å². The zero-order valence-corrected chi connectivity index (χ0v) is 12.5. The van der Waals surface area contributed by atoms with Crippen LogP contribution in [0.1, 0.15) is 59.3 Å². The highest BCUT2D eigenvalue weighted by molar-refractivity contribution is 9.10. The predicted molar refractivity (Wildman–Crippen MR) is 73.9 cm³/mol. The summed E-state index contributed by atoms with van der Waals surface area (Å²) in [5.41, 5.74) is 0. The highest BCUT2D eigenvalue weighted by atomic mass is 79.9. The Hall–Kier alpha value is -0.0500. The molecule has 0 fully saturated rings. The van der Waals surface area contributed by atoms with Gasteiger partial charge in [-0.25, -0.2) is 0 Å². The van der Waals surface area contributed by atoms with Gasteiger partial charge in [0.1, 0.15) is 0 Å². The SMILES string of the molecule is CCCCCCCCNC(=O)C(Br)C(C)C. The highest BCUT2D eigenvalue weighted by Crippen LogP contribution is 2.11. The van der Waals surface area contributed by atoms with E-state index < -0.39 is 0 Å². The molecule has 0 saturated carbocycles. The Morgan fingerprint density at radius 3 is 2.25 bits per heavy atom. The van der Waals surface area contributed by atoms with E-state index in [1.54, 1.807) is 0 Å².